The van der Waals surface area contributed by atoms with Gasteiger partial charge in [0.1, 0.15) is 5.82 Å². The van der Waals surface area contributed by atoms with Gasteiger partial charge in [0.15, 0.2) is 5.69 Å². The Balaban J connectivity index is 2.18. The first-order valence-corrected chi connectivity index (χ1v) is 6.81. The zero-order valence-corrected chi connectivity index (χ0v) is 11.2. The molecular formula is C13H22N4O. The van der Waals surface area contributed by atoms with Gasteiger partial charge in [-0.25, -0.2) is 4.68 Å². The molecule has 0 aliphatic carbocycles. The minimum absolute atomic E-state index is 0.0282. The molecule has 5 heteroatoms. The second kappa shape index (κ2) is 5.42. The van der Waals surface area contributed by atoms with E-state index in [0.717, 1.165) is 25.8 Å². The fraction of sp³-hybridized carbons (Fsp3) is 0.692. The van der Waals surface area contributed by atoms with E-state index < -0.39 is 0 Å². The van der Waals surface area contributed by atoms with Gasteiger partial charge < -0.3 is 10.6 Å². The van der Waals surface area contributed by atoms with Crippen molar-refractivity contribution >= 4 is 11.7 Å². The summed E-state index contributed by atoms with van der Waals surface area (Å²) >= 11 is 0. The van der Waals surface area contributed by atoms with E-state index in [-0.39, 0.29) is 5.91 Å². The summed E-state index contributed by atoms with van der Waals surface area (Å²) in [7, 11) is 0. The summed E-state index contributed by atoms with van der Waals surface area (Å²) in [6.07, 6.45) is 4.42. The summed E-state index contributed by atoms with van der Waals surface area (Å²) in [4.78, 5) is 14.4. The average molecular weight is 250 g/mol. The lowest BCUT2D eigenvalue weighted by atomic mass is 9.99. The molecule has 2 heterocycles. The number of aromatic nitrogens is 2. The van der Waals surface area contributed by atoms with Crippen LogP contribution in [0.3, 0.4) is 0 Å². The van der Waals surface area contributed by atoms with Crippen molar-refractivity contribution in [2.75, 3.05) is 12.3 Å². The Labute approximate surface area is 108 Å². The molecule has 1 atom stereocenters. The van der Waals surface area contributed by atoms with Crippen molar-refractivity contribution < 1.29 is 4.79 Å². The van der Waals surface area contributed by atoms with Gasteiger partial charge in [0.25, 0.3) is 5.91 Å². The lowest BCUT2D eigenvalue weighted by Crippen LogP contribution is -2.43. The molecule has 0 bridgehead atoms. The molecule has 2 N–H and O–H groups in total. The summed E-state index contributed by atoms with van der Waals surface area (Å²) in [5, 5.41) is 4.27. The van der Waals surface area contributed by atoms with E-state index in [9.17, 15) is 4.79 Å². The number of likely N-dealkylation sites (tertiary alicyclic amines) is 1. The van der Waals surface area contributed by atoms with Crippen LogP contribution in [0.1, 0.15) is 50.0 Å². The number of rotatable bonds is 3. The highest BCUT2D eigenvalue weighted by atomic mass is 16.2. The Bertz CT molecular complexity index is 427. The molecule has 0 radical (unpaired) electrons. The highest BCUT2D eigenvalue weighted by Crippen LogP contribution is 2.22. The lowest BCUT2D eigenvalue weighted by Gasteiger charge is -2.34. The van der Waals surface area contributed by atoms with Gasteiger partial charge in [-0.3, -0.25) is 4.79 Å². The number of carbonyl (C=O) groups is 1. The molecule has 0 spiro atoms. The van der Waals surface area contributed by atoms with E-state index in [0.29, 0.717) is 24.1 Å². The molecule has 100 valence electrons. The first-order chi connectivity index (χ1) is 8.67. The number of nitrogens with two attached hydrogens (primary N) is 1. The van der Waals surface area contributed by atoms with Crippen molar-refractivity contribution in [3.8, 4) is 0 Å². The predicted octanol–water partition coefficient (Wildman–Crippen LogP) is 1.89. The van der Waals surface area contributed by atoms with E-state index in [4.69, 9.17) is 5.73 Å². The number of nitrogen functional groups attached to an aromatic ring is 1. The summed E-state index contributed by atoms with van der Waals surface area (Å²) in [5.74, 6) is 0.589. The van der Waals surface area contributed by atoms with Crippen molar-refractivity contribution in [1.29, 1.82) is 0 Å². The number of piperidine rings is 1. The number of nitrogens with zero attached hydrogens (tertiary/aromatic N) is 3. The summed E-state index contributed by atoms with van der Waals surface area (Å²) < 4.78 is 1.66. The Morgan fingerprint density at radius 3 is 2.89 bits per heavy atom. The van der Waals surface area contributed by atoms with Crippen molar-refractivity contribution in [3.05, 3.63) is 11.8 Å². The highest BCUT2D eigenvalue weighted by Gasteiger charge is 2.27. The van der Waals surface area contributed by atoms with E-state index >= 15 is 0 Å². The molecule has 1 aliphatic rings. The molecule has 1 aromatic heterocycles. The number of hydrogen-bond donors (Lipinski definition) is 1. The van der Waals surface area contributed by atoms with Gasteiger partial charge in [-0.1, -0.05) is 6.92 Å². The molecule has 2 rings (SSSR count). The smallest absolute Gasteiger partial charge is 0.274 e. The minimum Gasteiger partial charge on any atom is -0.384 e. The number of carbonyl (C=O) groups excluding carboxylic acids is 1. The van der Waals surface area contributed by atoms with Crippen LogP contribution < -0.4 is 5.73 Å². The van der Waals surface area contributed by atoms with Crippen molar-refractivity contribution in [2.24, 2.45) is 0 Å². The monoisotopic (exact) mass is 250 g/mol. The summed E-state index contributed by atoms with van der Waals surface area (Å²) in [5.41, 5.74) is 6.30. The molecule has 1 aliphatic heterocycles. The van der Waals surface area contributed by atoms with Crippen molar-refractivity contribution in [1.82, 2.24) is 14.7 Å². The van der Waals surface area contributed by atoms with E-state index in [1.54, 1.807) is 10.7 Å². The van der Waals surface area contributed by atoms with Gasteiger partial charge in [-0.05, 0) is 32.6 Å². The third-order valence-electron chi connectivity index (χ3n) is 3.69. The van der Waals surface area contributed by atoms with Crippen LogP contribution in [-0.2, 0) is 6.54 Å². The third kappa shape index (κ3) is 2.35. The van der Waals surface area contributed by atoms with Crippen molar-refractivity contribution in [3.63, 3.8) is 0 Å². The molecular weight excluding hydrogens is 228 g/mol. The summed E-state index contributed by atoms with van der Waals surface area (Å²) in [6, 6.07) is 2.05. The molecule has 0 aromatic carbocycles. The van der Waals surface area contributed by atoms with Gasteiger partial charge in [-0.15, -0.1) is 0 Å². The van der Waals surface area contributed by atoms with Gasteiger partial charge in [0, 0.05) is 25.2 Å². The quantitative estimate of drug-likeness (QED) is 0.891. The topological polar surface area (TPSA) is 64.2 Å². The molecule has 1 amide bonds. The van der Waals surface area contributed by atoms with Crippen LogP contribution >= 0.6 is 0 Å². The zero-order valence-electron chi connectivity index (χ0n) is 11.2. The van der Waals surface area contributed by atoms with E-state index in [2.05, 4.69) is 12.0 Å². The van der Waals surface area contributed by atoms with Crippen LogP contribution in [0, 0.1) is 0 Å². The lowest BCUT2D eigenvalue weighted by molar-refractivity contribution is 0.0601. The first kappa shape index (κ1) is 12.9. The Hall–Kier alpha value is -1.52. The minimum atomic E-state index is 0.0282. The third-order valence-corrected chi connectivity index (χ3v) is 3.69. The van der Waals surface area contributed by atoms with Gasteiger partial charge >= 0.3 is 0 Å². The van der Waals surface area contributed by atoms with Crippen molar-refractivity contribution in [2.45, 2.75) is 52.1 Å². The Kier molecular flexibility index (Phi) is 3.89. The number of hydrogen-bond acceptors (Lipinski definition) is 3. The fourth-order valence-electron chi connectivity index (χ4n) is 2.63. The van der Waals surface area contributed by atoms with Crippen LogP contribution in [-0.4, -0.2) is 33.2 Å². The largest absolute Gasteiger partial charge is 0.384 e. The van der Waals surface area contributed by atoms with E-state index in [1.165, 1.54) is 6.42 Å². The molecule has 5 nitrogen and oxygen atoms in total. The fourth-order valence-corrected chi connectivity index (χ4v) is 2.63. The second-order valence-electron chi connectivity index (χ2n) is 4.83. The van der Waals surface area contributed by atoms with Gasteiger partial charge in [-0.2, -0.15) is 5.10 Å². The Morgan fingerprint density at radius 2 is 2.28 bits per heavy atom. The summed E-state index contributed by atoms with van der Waals surface area (Å²) in [6.45, 7) is 5.63. The van der Waals surface area contributed by atoms with E-state index in [1.807, 2.05) is 11.8 Å². The molecule has 18 heavy (non-hydrogen) atoms. The maximum Gasteiger partial charge on any atom is 0.274 e. The van der Waals surface area contributed by atoms with Gasteiger partial charge in [0.2, 0.25) is 0 Å². The molecule has 1 saturated heterocycles. The number of amides is 1. The van der Waals surface area contributed by atoms with Crippen LogP contribution in [0.15, 0.2) is 6.07 Å². The number of aryl methyl sites for hydroxylation is 1. The number of anilines is 1. The van der Waals surface area contributed by atoms with Crippen LogP contribution in [0.5, 0.6) is 0 Å². The maximum atomic E-state index is 12.4. The molecule has 1 fully saturated rings. The standard InChI is InChI=1S/C13H22N4O/c1-3-10-7-5-6-8-16(10)13(18)11-9-12(14)17(4-2)15-11/h9-10H,3-8,14H2,1-2H3/t10-/m1/s1. The normalized spacial score (nSPS) is 20.1. The van der Waals surface area contributed by atoms with Crippen LogP contribution in [0.2, 0.25) is 0 Å². The zero-order chi connectivity index (χ0) is 13.1. The van der Waals surface area contributed by atoms with Crippen LogP contribution in [0.25, 0.3) is 0 Å². The molecule has 1 aromatic rings. The maximum absolute atomic E-state index is 12.4. The highest BCUT2D eigenvalue weighted by molar-refractivity contribution is 5.93. The van der Waals surface area contributed by atoms with Gasteiger partial charge in [0.05, 0.1) is 0 Å². The Morgan fingerprint density at radius 1 is 1.50 bits per heavy atom. The SMILES string of the molecule is CC[C@@H]1CCCCN1C(=O)c1cc(N)n(CC)n1. The predicted molar refractivity (Wildman–Crippen MR) is 71.3 cm³/mol. The second-order valence-corrected chi connectivity index (χ2v) is 4.83. The molecule has 0 unspecified atom stereocenters. The molecule has 0 saturated carbocycles. The van der Waals surface area contributed by atoms with Crippen LogP contribution in [0.4, 0.5) is 5.82 Å². The average Bonchev–Trinajstić information content (AvgIpc) is 2.79. The first-order valence-electron chi connectivity index (χ1n) is 6.81.